The minimum atomic E-state index is -1.20. The van der Waals surface area contributed by atoms with Crippen molar-refractivity contribution in [1.29, 1.82) is 0 Å². The predicted octanol–water partition coefficient (Wildman–Crippen LogP) is 6.15. The molecule has 0 bridgehead atoms. The molecule has 0 radical (unpaired) electrons. The monoisotopic (exact) mass is 720 g/mol. The summed E-state index contributed by atoms with van der Waals surface area (Å²) in [5, 5.41) is 21.1. The van der Waals surface area contributed by atoms with Crippen LogP contribution in [-0.4, -0.2) is 56.5 Å². The van der Waals surface area contributed by atoms with Crippen molar-refractivity contribution in [2.75, 3.05) is 26.9 Å². The van der Waals surface area contributed by atoms with Crippen molar-refractivity contribution in [3.05, 3.63) is 91.6 Å². The Balaban J connectivity index is 1.40. The topological polar surface area (TPSA) is 149 Å². The Morgan fingerprint density at radius 1 is 0.958 bits per heavy atom. The number of amides is 2. The number of methoxy groups -OCH3 is 1. The first-order valence-corrected chi connectivity index (χ1v) is 15.9. The number of urea groups is 1. The number of aliphatic hydroxyl groups excluding tert-OH is 1. The Morgan fingerprint density at radius 3 is 2.42 bits per heavy atom. The average molecular weight is 722 g/mol. The van der Waals surface area contributed by atoms with E-state index in [1.54, 1.807) is 62.4 Å². The number of hydrogen-bond donors (Lipinski definition) is 4. The number of halogens is 3. The molecule has 0 unspecified atom stereocenters. The number of rotatable bonds is 15. The van der Waals surface area contributed by atoms with E-state index >= 15 is 0 Å². The smallest absolute Gasteiger partial charge is 0.337 e. The van der Waals surface area contributed by atoms with Crippen LogP contribution in [0.5, 0.6) is 23.0 Å². The molecule has 1 aliphatic rings. The van der Waals surface area contributed by atoms with Crippen LogP contribution in [0.3, 0.4) is 0 Å². The van der Waals surface area contributed by atoms with E-state index in [0.29, 0.717) is 68.1 Å². The van der Waals surface area contributed by atoms with Crippen LogP contribution >= 0.6 is 34.8 Å². The van der Waals surface area contributed by atoms with Gasteiger partial charge in [-0.1, -0.05) is 46.9 Å². The molecular formula is C33H35Cl3N4O8. The third-order valence-electron chi connectivity index (χ3n) is 6.81. The molecule has 0 aliphatic carbocycles. The van der Waals surface area contributed by atoms with Gasteiger partial charge in [-0.25, -0.2) is 9.59 Å². The number of benzene rings is 3. The maximum absolute atomic E-state index is 12.5. The van der Waals surface area contributed by atoms with Crippen molar-refractivity contribution in [2.24, 2.45) is 5.10 Å². The van der Waals surface area contributed by atoms with Gasteiger partial charge >= 0.3 is 12.0 Å². The number of carbonyl (C=O) groups is 2. The Kier molecular flexibility index (Phi) is 13.0. The molecule has 3 aromatic carbocycles. The lowest BCUT2D eigenvalue weighted by molar-refractivity contribution is -0.136. The highest BCUT2D eigenvalue weighted by molar-refractivity contribution is 6.42. The van der Waals surface area contributed by atoms with Gasteiger partial charge in [-0.3, -0.25) is 5.43 Å². The van der Waals surface area contributed by atoms with E-state index in [0.717, 1.165) is 5.56 Å². The molecule has 0 saturated carbocycles. The van der Waals surface area contributed by atoms with Gasteiger partial charge in [-0.05, 0) is 73.9 Å². The number of hydrazone groups is 1. The third kappa shape index (κ3) is 9.38. The minimum Gasteiger partial charge on any atom is -0.490 e. The first-order valence-electron chi connectivity index (χ1n) is 14.8. The molecular weight excluding hydrogens is 687 g/mol. The van der Waals surface area contributed by atoms with Crippen molar-refractivity contribution in [3.8, 4) is 23.0 Å². The van der Waals surface area contributed by atoms with Crippen LogP contribution in [0.1, 0.15) is 43.5 Å². The fourth-order valence-electron chi connectivity index (χ4n) is 4.67. The molecule has 4 N–H and O–H groups in total. The van der Waals surface area contributed by atoms with Crippen molar-refractivity contribution < 1.29 is 38.4 Å². The van der Waals surface area contributed by atoms with Crippen molar-refractivity contribution in [2.45, 2.75) is 39.6 Å². The van der Waals surface area contributed by atoms with Crippen LogP contribution < -0.4 is 35.0 Å². The molecule has 256 valence electrons. The molecule has 0 aromatic heterocycles. The van der Waals surface area contributed by atoms with Gasteiger partial charge in [-0.2, -0.15) is 5.10 Å². The lowest BCUT2D eigenvalue weighted by Gasteiger charge is -2.28. The number of allylic oxidation sites excluding steroid dienone is 1. The number of nitrogens with zero attached hydrogens (tertiary/aromatic N) is 1. The van der Waals surface area contributed by atoms with E-state index in [-0.39, 0.29) is 18.8 Å². The lowest BCUT2D eigenvalue weighted by atomic mass is 9.95. The summed E-state index contributed by atoms with van der Waals surface area (Å²) in [5.74, 6) is 0.860. The largest absolute Gasteiger partial charge is 0.490 e. The second-order valence-corrected chi connectivity index (χ2v) is 11.4. The molecule has 0 fully saturated rings. The summed E-state index contributed by atoms with van der Waals surface area (Å²) in [6.45, 7) is 5.93. The van der Waals surface area contributed by atoms with E-state index in [2.05, 4.69) is 21.2 Å². The second kappa shape index (κ2) is 17.2. The highest BCUT2D eigenvalue weighted by atomic mass is 35.5. The van der Waals surface area contributed by atoms with Crippen LogP contribution in [0.4, 0.5) is 4.79 Å². The molecule has 15 heteroatoms. The number of hydrogen-bond acceptors (Lipinski definition) is 10. The number of ether oxygens (including phenoxy) is 5. The van der Waals surface area contributed by atoms with Crippen molar-refractivity contribution in [3.63, 3.8) is 0 Å². The Labute approximate surface area is 292 Å². The highest BCUT2D eigenvalue weighted by Gasteiger charge is 2.32. The maximum Gasteiger partial charge on any atom is 0.337 e. The number of nitrogens with one attached hydrogen (secondary N) is 3. The van der Waals surface area contributed by atoms with Gasteiger partial charge in [0.05, 0.1) is 53.2 Å². The molecule has 0 saturated heterocycles. The predicted molar refractivity (Wildman–Crippen MR) is 182 cm³/mol. The quantitative estimate of drug-likeness (QED) is 0.0628. The highest BCUT2D eigenvalue weighted by Crippen LogP contribution is 2.38. The van der Waals surface area contributed by atoms with Crippen LogP contribution in [0.25, 0.3) is 0 Å². The summed E-state index contributed by atoms with van der Waals surface area (Å²) in [4.78, 5) is 24.7. The Hall–Kier alpha value is -4.36. The Bertz CT molecular complexity index is 1700. The summed E-state index contributed by atoms with van der Waals surface area (Å²) < 4.78 is 28.2. The van der Waals surface area contributed by atoms with Gasteiger partial charge in [0.15, 0.2) is 29.2 Å². The van der Waals surface area contributed by atoms with Crippen molar-refractivity contribution in [1.82, 2.24) is 16.1 Å². The molecule has 4 rings (SSSR count). The second-order valence-electron chi connectivity index (χ2n) is 10.2. The molecule has 3 aromatic rings. The summed E-state index contributed by atoms with van der Waals surface area (Å²) in [5.41, 5.74) is 5.19. The normalized spacial score (nSPS) is 15.0. The zero-order chi connectivity index (χ0) is 34.8. The van der Waals surface area contributed by atoms with E-state index in [1.807, 2.05) is 6.92 Å². The van der Waals surface area contributed by atoms with Crippen LogP contribution in [0.15, 0.2) is 64.9 Å². The lowest BCUT2D eigenvalue weighted by Crippen LogP contribution is -2.45. The average Bonchev–Trinajstić information content (AvgIpc) is 3.05. The fourth-order valence-corrected chi connectivity index (χ4v) is 5.26. The molecule has 12 nitrogen and oxygen atoms in total. The summed E-state index contributed by atoms with van der Waals surface area (Å²) >= 11 is 18.6. The van der Waals surface area contributed by atoms with Gasteiger partial charge in [0, 0.05) is 5.70 Å². The number of esters is 1. The summed E-state index contributed by atoms with van der Waals surface area (Å²) in [6.07, 6.45) is 0.258. The van der Waals surface area contributed by atoms with Crippen LogP contribution in [-0.2, 0) is 16.1 Å². The summed E-state index contributed by atoms with van der Waals surface area (Å²) in [6, 6.07) is 12.3. The Morgan fingerprint density at radius 2 is 1.71 bits per heavy atom. The van der Waals surface area contributed by atoms with Crippen molar-refractivity contribution >= 4 is 53.0 Å². The van der Waals surface area contributed by atoms with Gasteiger partial charge in [-0.15, -0.1) is 0 Å². The number of carbonyl (C=O) groups excluding carboxylic acids is 2. The van der Waals surface area contributed by atoms with E-state index in [9.17, 15) is 14.7 Å². The summed E-state index contributed by atoms with van der Waals surface area (Å²) in [7, 11) is 1.27. The molecule has 48 heavy (non-hydrogen) atoms. The molecule has 2 atom stereocenters. The van der Waals surface area contributed by atoms with E-state index in [4.69, 9.17) is 58.5 Å². The first-order chi connectivity index (χ1) is 23.0. The first kappa shape index (κ1) is 36.5. The number of aliphatic hydroxyl groups is 1. The molecule has 1 heterocycles. The van der Waals surface area contributed by atoms with E-state index in [1.165, 1.54) is 13.3 Å². The van der Waals surface area contributed by atoms with Gasteiger partial charge < -0.3 is 39.4 Å². The van der Waals surface area contributed by atoms with Gasteiger partial charge in [0.1, 0.15) is 13.2 Å². The van der Waals surface area contributed by atoms with Gasteiger partial charge in [0.2, 0.25) is 0 Å². The molecule has 2 amide bonds. The SMILES string of the molecule is CCOc1cc([C@H]2NC(=O)NC(C)=C2C(=O)OC)ccc1OC[C@H](O)N/N=C\c1cc(Cl)c(OCc2ccc(Cl)c(Cl)c2)c(OCC)c1. The fraction of sp³-hybridized carbons (Fsp3) is 0.303. The van der Waals surface area contributed by atoms with Gasteiger partial charge in [0.25, 0.3) is 0 Å². The van der Waals surface area contributed by atoms with Crippen LogP contribution in [0.2, 0.25) is 15.1 Å². The minimum absolute atomic E-state index is 0.186. The third-order valence-corrected chi connectivity index (χ3v) is 7.83. The van der Waals surface area contributed by atoms with Crippen LogP contribution in [0, 0.1) is 0 Å². The zero-order valence-electron chi connectivity index (χ0n) is 26.6. The van der Waals surface area contributed by atoms with E-state index < -0.39 is 24.3 Å². The zero-order valence-corrected chi connectivity index (χ0v) is 28.8. The molecule has 0 spiro atoms. The maximum atomic E-state index is 12.5. The molecule has 1 aliphatic heterocycles. The standard InChI is InChI=1S/C33H35Cl3N4O8/c1-5-45-26-14-21(30-29(32(42)44-4)18(3)38-33(43)39-30)8-10-25(26)47-17-28(41)40-37-15-20-12-24(36)31(27(13-20)46-6-2)48-16-19-7-9-22(34)23(35)11-19/h7-15,28,30,40-41H,5-6,16-17H2,1-4H3,(H2,38,39,43)/b37-15-/t28-,30+/m0/s1.